The highest BCUT2D eigenvalue weighted by atomic mass is 32.2. The molecule has 1 N–H and O–H groups in total. The normalized spacial score (nSPS) is 12.0. The van der Waals surface area contributed by atoms with E-state index >= 15 is 0 Å². The fourth-order valence-corrected chi connectivity index (χ4v) is 1.61. The summed E-state index contributed by atoms with van der Waals surface area (Å²) >= 11 is 0. The van der Waals surface area contributed by atoms with Crippen LogP contribution in [0.3, 0.4) is 0 Å². The van der Waals surface area contributed by atoms with Crippen molar-refractivity contribution in [1.82, 2.24) is 0 Å². The lowest BCUT2D eigenvalue weighted by molar-refractivity contribution is 0.234. The summed E-state index contributed by atoms with van der Waals surface area (Å²) in [5.74, 6) is -3.41. The van der Waals surface area contributed by atoms with E-state index in [1.165, 1.54) is 12.1 Å². The average Bonchev–Trinajstić information content (AvgIpc) is 2.17. The van der Waals surface area contributed by atoms with E-state index in [2.05, 4.69) is 0 Å². The van der Waals surface area contributed by atoms with Crippen LogP contribution in [0, 0.1) is 0 Å². The molecule has 0 amide bonds. The molecule has 0 spiro atoms. The third-order valence-electron chi connectivity index (χ3n) is 1.67. The Bertz CT molecular complexity index is 397. The molecule has 1 aromatic carbocycles. The van der Waals surface area contributed by atoms with Crippen LogP contribution in [-0.4, -0.2) is 19.3 Å². The van der Waals surface area contributed by atoms with Crippen molar-refractivity contribution in [1.29, 1.82) is 0 Å². The summed E-state index contributed by atoms with van der Waals surface area (Å²) in [5, 5.41) is 8.64. The SMILES string of the molecule is O=S(=O)(c1ccc(CO)cc1)C(F)F. The van der Waals surface area contributed by atoms with Crippen molar-refractivity contribution in [2.45, 2.75) is 17.3 Å². The minimum atomic E-state index is -4.52. The van der Waals surface area contributed by atoms with E-state index in [1.54, 1.807) is 0 Å². The molecule has 0 fully saturated rings. The lowest BCUT2D eigenvalue weighted by Gasteiger charge is -2.03. The van der Waals surface area contributed by atoms with Crippen LogP contribution in [0.15, 0.2) is 29.2 Å². The number of alkyl halides is 2. The molecule has 0 aliphatic heterocycles. The van der Waals surface area contributed by atoms with E-state index < -0.39 is 20.5 Å². The highest BCUT2D eigenvalue weighted by Crippen LogP contribution is 2.18. The highest BCUT2D eigenvalue weighted by Gasteiger charge is 2.25. The van der Waals surface area contributed by atoms with Crippen LogP contribution in [0.5, 0.6) is 0 Å². The number of aliphatic hydroxyl groups excluding tert-OH is 1. The van der Waals surface area contributed by atoms with E-state index in [0.717, 1.165) is 12.1 Å². The van der Waals surface area contributed by atoms with E-state index in [4.69, 9.17) is 5.11 Å². The summed E-state index contributed by atoms with van der Waals surface area (Å²) in [6, 6.07) is 4.67. The van der Waals surface area contributed by atoms with Gasteiger partial charge in [0.05, 0.1) is 11.5 Å². The van der Waals surface area contributed by atoms with Gasteiger partial charge in [-0.3, -0.25) is 0 Å². The van der Waals surface area contributed by atoms with Crippen LogP contribution in [0.25, 0.3) is 0 Å². The molecule has 0 unspecified atom stereocenters. The van der Waals surface area contributed by atoms with Crippen LogP contribution in [-0.2, 0) is 16.4 Å². The molecule has 3 nitrogen and oxygen atoms in total. The maximum absolute atomic E-state index is 12.0. The third-order valence-corrected chi connectivity index (χ3v) is 3.07. The second kappa shape index (κ2) is 4.02. The van der Waals surface area contributed by atoms with Gasteiger partial charge < -0.3 is 5.11 Å². The molecule has 0 aliphatic carbocycles. The fraction of sp³-hybridized carbons (Fsp3) is 0.250. The molecule has 1 rings (SSSR count). The number of halogens is 2. The quantitative estimate of drug-likeness (QED) is 0.835. The van der Waals surface area contributed by atoms with Crippen LogP contribution in [0.1, 0.15) is 5.56 Å². The van der Waals surface area contributed by atoms with Crippen molar-refractivity contribution in [2.75, 3.05) is 0 Å². The Labute approximate surface area is 79.9 Å². The lowest BCUT2D eigenvalue weighted by atomic mass is 10.2. The molecule has 0 saturated heterocycles. The van der Waals surface area contributed by atoms with Gasteiger partial charge in [0, 0.05) is 0 Å². The van der Waals surface area contributed by atoms with Gasteiger partial charge in [0.25, 0.3) is 0 Å². The third kappa shape index (κ3) is 2.08. The number of benzene rings is 1. The van der Waals surface area contributed by atoms with Crippen molar-refractivity contribution < 1.29 is 22.3 Å². The van der Waals surface area contributed by atoms with Gasteiger partial charge in [-0.25, -0.2) is 8.42 Å². The predicted octanol–water partition coefficient (Wildman–Crippen LogP) is 1.18. The zero-order valence-electron chi connectivity index (χ0n) is 7.02. The van der Waals surface area contributed by atoms with Crippen molar-refractivity contribution in [3.63, 3.8) is 0 Å². The first-order valence-corrected chi connectivity index (χ1v) is 5.25. The van der Waals surface area contributed by atoms with Crippen molar-refractivity contribution in [3.05, 3.63) is 29.8 Å². The smallest absolute Gasteiger partial charge is 0.341 e. The van der Waals surface area contributed by atoms with Crippen molar-refractivity contribution in [2.24, 2.45) is 0 Å². The molecule has 0 atom stereocenters. The Morgan fingerprint density at radius 1 is 1.21 bits per heavy atom. The molecule has 1 aromatic rings. The summed E-state index contributed by atoms with van der Waals surface area (Å²) in [7, 11) is -4.52. The van der Waals surface area contributed by atoms with E-state index in [0.29, 0.717) is 5.56 Å². The predicted molar refractivity (Wildman–Crippen MR) is 45.6 cm³/mol. The maximum Gasteiger partial charge on any atom is 0.341 e. The first kappa shape index (κ1) is 11.1. The van der Waals surface area contributed by atoms with Crippen LogP contribution in [0.4, 0.5) is 8.78 Å². The van der Waals surface area contributed by atoms with Crippen LogP contribution < -0.4 is 0 Å². The van der Waals surface area contributed by atoms with Gasteiger partial charge in [-0.05, 0) is 17.7 Å². The van der Waals surface area contributed by atoms with Gasteiger partial charge in [0.2, 0.25) is 9.84 Å². The Hall–Kier alpha value is -1.01. The average molecular weight is 222 g/mol. The van der Waals surface area contributed by atoms with Gasteiger partial charge in [0.15, 0.2) is 0 Å². The van der Waals surface area contributed by atoms with Gasteiger partial charge in [-0.1, -0.05) is 12.1 Å². The second-order valence-electron chi connectivity index (χ2n) is 2.61. The molecular weight excluding hydrogens is 214 g/mol. The minimum absolute atomic E-state index is 0.255. The topological polar surface area (TPSA) is 54.4 Å². The Morgan fingerprint density at radius 3 is 2.07 bits per heavy atom. The largest absolute Gasteiger partial charge is 0.392 e. The Balaban J connectivity index is 3.10. The molecule has 0 bridgehead atoms. The Kier molecular flexibility index (Phi) is 3.17. The first-order chi connectivity index (χ1) is 6.48. The molecule has 14 heavy (non-hydrogen) atoms. The van der Waals surface area contributed by atoms with Gasteiger partial charge in [-0.15, -0.1) is 0 Å². The molecule has 6 heteroatoms. The zero-order valence-corrected chi connectivity index (χ0v) is 7.84. The molecule has 0 aliphatic rings. The summed E-state index contributed by atoms with van der Waals surface area (Å²) in [4.78, 5) is -0.440. The van der Waals surface area contributed by atoms with Crippen molar-refractivity contribution >= 4 is 9.84 Å². The van der Waals surface area contributed by atoms with Gasteiger partial charge in [0.1, 0.15) is 0 Å². The minimum Gasteiger partial charge on any atom is -0.392 e. The molecule has 0 saturated carbocycles. The van der Waals surface area contributed by atoms with E-state index in [1.807, 2.05) is 0 Å². The number of sulfone groups is 1. The molecule has 0 radical (unpaired) electrons. The monoisotopic (exact) mass is 222 g/mol. The molecule has 0 aromatic heterocycles. The molecule has 78 valence electrons. The lowest BCUT2D eigenvalue weighted by Crippen LogP contribution is -2.11. The van der Waals surface area contributed by atoms with E-state index in [-0.39, 0.29) is 6.61 Å². The maximum atomic E-state index is 12.0. The number of hydrogen-bond acceptors (Lipinski definition) is 3. The molecular formula is C8H8F2O3S. The first-order valence-electron chi connectivity index (χ1n) is 3.70. The van der Waals surface area contributed by atoms with Gasteiger partial charge in [-0.2, -0.15) is 8.78 Å². The summed E-state index contributed by atoms with van der Waals surface area (Å²) in [6.45, 7) is -0.255. The standard InChI is InChI=1S/C8H8F2O3S/c9-8(10)14(12,13)7-3-1-6(5-11)2-4-7/h1-4,8,11H,5H2. The summed E-state index contributed by atoms with van der Waals surface area (Å²) in [5.41, 5.74) is 0.471. The van der Waals surface area contributed by atoms with E-state index in [9.17, 15) is 17.2 Å². The number of hydrogen-bond donors (Lipinski definition) is 1. The second-order valence-corrected chi connectivity index (χ2v) is 4.53. The van der Waals surface area contributed by atoms with Crippen LogP contribution in [0.2, 0.25) is 0 Å². The van der Waals surface area contributed by atoms with Crippen LogP contribution >= 0.6 is 0 Å². The summed E-state index contributed by atoms with van der Waals surface area (Å²) in [6.07, 6.45) is 0. The van der Waals surface area contributed by atoms with Crippen molar-refractivity contribution in [3.8, 4) is 0 Å². The number of rotatable bonds is 3. The zero-order chi connectivity index (χ0) is 10.8. The number of aliphatic hydroxyl groups is 1. The highest BCUT2D eigenvalue weighted by molar-refractivity contribution is 7.91. The fourth-order valence-electron chi connectivity index (χ4n) is 0.887. The van der Waals surface area contributed by atoms with Gasteiger partial charge >= 0.3 is 5.76 Å². The summed E-state index contributed by atoms with van der Waals surface area (Å²) < 4.78 is 45.9. The Morgan fingerprint density at radius 2 is 1.71 bits per heavy atom. The molecule has 0 heterocycles.